The van der Waals surface area contributed by atoms with Crippen LogP contribution in [-0.4, -0.2) is 13.1 Å². The summed E-state index contributed by atoms with van der Waals surface area (Å²) in [6.07, 6.45) is 0.559. The Labute approximate surface area is 136 Å². The van der Waals surface area contributed by atoms with Gasteiger partial charge in [-0.3, -0.25) is 0 Å². The molecule has 0 amide bonds. The van der Waals surface area contributed by atoms with Crippen molar-refractivity contribution in [1.29, 1.82) is 5.26 Å². The molecule has 0 fully saturated rings. The maximum absolute atomic E-state index is 11.8. The second-order valence-electron chi connectivity index (χ2n) is 5.37. The molecule has 1 atom stereocenters. The van der Waals surface area contributed by atoms with Crippen molar-refractivity contribution in [3.63, 3.8) is 0 Å². The molecule has 2 rings (SSSR count). The predicted octanol–water partition coefficient (Wildman–Crippen LogP) is 3.75. The van der Waals surface area contributed by atoms with Crippen LogP contribution in [0.2, 0.25) is 0 Å². The lowest BCUT2D eigenvalue weighted by Gasteiger charge is -2.11. The summed E-state index contributed by atoms with van der Waals surface area (Å²) in [6, 6.07) is 17.3. The molecule has 0 aliphatic rings. The van der Waals surface area contributed by atoms with Gasteiger partial charge in [-0.05, 0) is 42.7 Å². The second kappa shape index (κ2) is 8.00. The van der Waals surface area contributed by atoms with Gasteiger partial charge in [-0.1, -0.05) is 30.3 Å². The summed E-state index contributed by atoms with van der Waals surface area (Å²) in [6.45, 7) is 2.26. The number of nitrogens with zero attached hydrogens (tertiary/aromatic N) is 1. The van der Waals surface area contributed by atoms with Crippen LogP contribution < -0.4 is 4.74 Å². The number of hydrogen-bond acceptors (Lipinski definition) is 4. The van der Waals surface area contributed by atoms with E-state index in [2.05, 4.69) is 6.07 Å². The smallest absolute Gasteiger partial charge is 0.337 e. The molecule has 4 nitrogen and oxygen atoms in total. The molecule has 0 heterocycles. The van der Waals surface area contributed by atoms with E-state index in [1.807, 2.05) is 43.3 Å². The molecule has 4 heteroatoms. The first-order valence-electron chi connectivity index (χ1n) is 7.41. The number of rotatable bonds is 6. The van der Waals surface area contributed by atoms with Crippen molar-refractivity contribution in [2.24, 2.45) is 5.92 Å². The zero-order chi connectivity index (χ0) is 16.7. The van der Waals surface area contributed by atoms with E-state index in [9.17, 15) is 4.79 Å². The van der Waals surface area contributed by atoms with Crippen molar-refractivity contribution in [3.8, 4) is 11.8 Å². The second-order valence-corrected chi connectivity index (χ2v) is 5.37. The van der Waals surface area contributed by atoms with Gasteiger partial charge in [-0.25, -0.2) is 4.79 Å². The van der Waals surface area contributed by atoms with Crippen molar-refractivity contribution in [2.45, 2.75) is 20.0 Å². The molecule has 2 aromatic rings. The molecule has 0 aliphatic heterocycles. The number of nitriles is 1. The Hall–Kier alpha value is -2.80. The summed E-state index contributed by atoms with van der Waals surface area (Å²) < 4.78 is 10.6. The molecule has 0 bridgehead atoms. The fourth-order valence-electron chi connectivity index (χ4n) is 2.24. The summed E-state index contributed by atoms with van der Waals surface area (Å²) in [4.78, 5) is 11.8. The molecular weight excluding hydrogens is 290 g/mol. The summed E-state index contributed by atoms with van der Waals surface area (Å²) in [5.41, 5.74) is 2.35. The minimum atomic E-state index is -0.416. The lowest BCUT2D eigenvalue weighted by Crippen LogP contribution is -2.05. The van der Waals surface area contributed by atoms with E-state index in [1.165, 1.54) is 7.11 Å². The molecule has 23 heavy (non-hydrogen) atoms. The van der Waals surface area contributed by atoms with Crippen LogP contribution in [-0.2, 0) is 17.8 Å². The molecule has 0 N–H and O–H groups in total. The minimum Gasteiger partial charge on any atom is -0.489 e. The fourth-order valence-corrected chi connectivity index (χ4v) is 2.24. The average molecular weight is 309 g/mol. The monoisotopic (exact) mass is 309 g/mol. The summed E-state index contributed by atoms with van der Waals surface area (Å²) in [5.74, 6) is 0.0442. The van der Waals surface area contributed by atoms with Gasteiger partial charge in [0.15, 0.2) is 0 Å². The minimum absolute atomic E-state index is 0.134. The zero-order valence-electron chi connectivity index (χ0n) is 13.3. The van der Waals surface area contributed by atoms with Crippen molar-refractivity contribution < 1.29 is 14.3 Å². The van der Waals surface area contributed by atoms with Crippen LogP contribution in [0.4, 0.5) is 0 Å². The highest BCUT2D eigenvalue weighted by Gasteiger charge is 2.12. The van der Waals surface area contributed by atoms with E-state index >= 15 is 0 Å². The SMILES string of the molecule is COC(=O)c1cc(CC(C)C#N)cc(OCc2ccccc2)c1. The largest absolute Gasteiger partial charge is 0.489 e. The predicted molar refractivity (Wildman–Crippen MR) is 87.0 cm³/mol. The molecular formula is C19H19NO3. The highest BCUT2D eigenvalue weighted by atomic mass is 16.5. The Bertz CT molecular complexity index is 704. The molecule has 1 unspecified atom stereocenters. The number of carbonyl (C=O) groups excluding carboxylic acids is 1. The van der Waals surface area contributed by atoms with E-state index in [4.69, 9.17) is 14.7 Å². The average Bonchev–Trinajstić information content (AvgIpc) is 2.59. The quantitative estimate of drug-likeness (QED) is 0.762. The Kier molecular flexibility index (Phi) is 5.76. The van der Waals surface area contributed by atoms with Gasteiger partial charge in [0.1, 0.15) is 12.4 Å². The van der Waals surface area contributed by atoms with Gasteiger partial charge in [-0.2, -0.15) is 5.26 Å². The third-order valence-corrected chi connectivity index (χ3v) is 3.40. The van der Waals surface area contributed by atoms with Crippen LogP contribution >= 0.6 is 0 Å². The molecule has 0 aromatic heterocycles. The van der Waals surface area contributed by atoms with Crippen molar-refractivity contribution in [3.05, 3.63) is 65.2 Å². The number of methoxy groups -OCH3 is 1. The molecule has 2 aromatic carbocycles. The number of hydrogen-bond donors (Lipinski definition) is 0. The highest BCUT2D eigenvalue weighted by molar-refractivity contribution is 5.90. The van der Waals surface area contributed by atoms with Gasteiger partial charge in [0, 0.05) is 5.92 Å². The Morgan fingerprint density at radius 3 is 2.57 bits per heavy atom. The van der Waals surface area contributed by atoms with Crippen LogP contribution in [0, 0.1) is 17.2 Å². The zero-order valence-corrected chi connectivity index (χ0v) is 13.3. The van der Waals surface area contributed by atoms with Gasteiger partial charge >= 0.3 is 5.97 Å². The van der Waals surface area contributed by atoms with E-state index in [-0.39, 0.29) is 5.92 Å². The maximum atomic E-state index is 11.8. The number of benzene rings is 2. The first-order valence-corrected chi connectivity index (χ1v) is 7.41. The van der Waals surface area contributed by atoms with Gasteiger partial charge in [0.25, 0.3) is 0 Å². The van der Waals surface area contributed by atoms with Gasteiger partial charge < -0.3 is 9.47 Å². The van der Waals surface area contributed by atoms with Crippen LogP contribution in [0.25, 0.3) is 0 Å². The molecule has 0 spiro atoms. The Morgan fingerprint density at radius 1 is 1.17 bits per heavy atom. The lowest BCUT2D eigenvalue weighted by atomic mass is 10.00. The van der Waals surface area contributed by atoms with E-state index in [0.717, 1.165) is 11.1 Å². The third-order valence-electron chi connectivity index (χ3n) is 3.40. The van der Waals surface area contributed by atoms with Gasteiger partial charge in [-0.15, -0.1) is 0 Å². The van der Waals surface area contributed by atoms with Crippen LogP contribution in [0.5, 0.6) is 5.75 Å². The summed E-state index contributed by atoms with van der Waals surface area (Å²) in [7, 11) is 1.34. The standard InChI is InChI=1S/C19H19NO3/c1-14(12-20)8-16-9-17(19(21)22-2)11-18(10-16)23-13-15-6-4-3-5-7-15/h3-7,9-11,14H,8,13H2,1-2H3. The van der Waals surface area contributed by atoms with Gasteiger partial charge in [0.05, 0.1) is 18.7 Å². The molecule has 0 radical (unpaired) electrons. The van der Waals surface area contributed by atoms with Gasteiger partial charge in [0.2, 0.25) is 0 Å². The highest BCUT2D eigenvalue weighted by Crippen LogP contribution is 2.21. The summed E-state index contributed by atoms with van der Waals surface area (Å²) in [5, 5.41) is 8.97. The normalized spacial score (nSPS) is 11.3. The molecule has 0 saturated heterocycles. The topological polar surface area (TPSA) is 59.3 Å². The lowest BCUT2D eigenvalue weighted by molar-refractivity contribution is 0.0600. The van der Waals surface area contributed by atoms with Crippen molar-refractivity contribution >= 4 is 5.97 Å². The third kappa shape index (κ3) is 4.86. The number of ether oxygens (including phenoxy) is 2. The number of carbonyl (C=O) groups is 1. The first-order chi connectivity index (χ1) is 11.1. The van der Waals surface area contributed by atoms with E-state index in [1.54, 1.807) is 12.1 Å². The fraction of sp³-hybridized carbons (Fsp3) is 0.263. The first kappa shape index (κ1) is 16.6. The molecule has 118 valence electrons. The molecule has 0 aliphatic carbocycles. The van der Waals surface area contributed by atoms with Crippen LogP contribution in [0.3, 0.4) is 0 Å². The maximum Gasteiger partial charge on any atom is 0.337 e. The summed E-state index contributed by atoms with van der Waals surface area (Å²) >= 11 is 0. The van der Waals surface area contributed by atoms with E-state index in [0.29, 0.717) is 24.3 Å². The molecule has 0 saturated carbocycles. The Morgan fingerprint density at radius 2 is 1.91 bits per heavy atom. The van der Waals surface area contributed by atoms with E-state index < -0.39 is 5.97 Å². The Balaban J connectivity index is 2.21. The van der Waals surface area contributed by atoms with Crippen molar-refractivity contribution in [2.75, 3.05) is 7.11 Å². The number of esters is 1. The van der Waals surface area contributed by atoms with Crippen LogP contribution in [0.15, 0.2) is 48.5 Å². The van der Waals surface area contributed by atoms with Crippen molar-refractivity contribution in [1.82, 2.24) is 0 Å². The van der Waals surface area contributed by atoms with Crippen LogP contribution in [0.1, 0.15) is 28.4 Å².